The third-order valence-electron chi connectivity index (χ3n) is 4.09. The first-order valence-corrected chi connectivity index (χ1v) is 7.74. The normalized spacial score (nSPS) is 16.6. The Labute approximate surface area is 129 Å². The van der Waals surface area contributed by atoms with Crippen molar-refractivity contribution in [3.8, 4) is 0 Å². The van der Waals surface area contributed by atoms with Crippen molar-refractivity contribution < 1.29 is 4.79 Å². The third kappa shape index (κ3) is 3.96. The molecule has 1 aliphatic rings. The topological polar surface area (TPSA) is 73.1 Å². The lowest BCUT2D eigenvalue weighted by Crippen LogP contribution is -2.37. The molecule has 6 heteroatoms. The molecule has 0 unspecified atom stereocenters. The summed E-state index contributed by atoms with van der Waals surface area (Å²) in [6.45, 7) is 0. The van der Waals surface area contributed by atoms with Crippen molar-refractivity contribution in [2.75, 3.05) is 0 Å². The Morgan fingerprint density at radius 1 is 1.18 bits per heavy atom. The second-order valence-electron chi connectivity index (χ2n) is 5.87. The smallest absolute Gasteiger partial charge is 0.330 e. The maximum atomic E-state index is 12.0. The highest BCUT2D eigenvalue weighted by Gasteiger charge is 2.13. The fraction of sp³-hybridized carbons (Fsp3) is 0.562. The number of amides is 1. The monoisotopic (exact) mass is 305 g/mol. The Bertz CT molecular complexity index is 677. The minimum atomic E-state index is -0.401. The molecule has 0 bridgehead atoms. The fourth-order valence-electron chi connectivity index (χ4n) is 2.79. The lowest BCUT2D eigenvalue weighted by Gasteiger charge is -2.14. The molecule has 0 aliphatic heterocycles. The van der Waals surface area contributed by atoms with Gasteiger partial charge in [-0.1, -0.05) is 25.7 Å². The maximum absolute atomic E-state index is 12.0. The first-order valence-electron chi connectivity index (χ1n) is 7.74. The van der Waals surface area contributed by atoms with Gasteiger partial charge in [-0.2, -0.15) is 0 Å². The summed E-state index contributed by atoms with van der Waals surface area (Å²) in [4.78, 5) is 35.5. The molecular formula is C16H23N3O3. The van der Waals surface area contributed by atoms with Crippen molar-refractivity contribution in [2.24, 2.45) is 14.1 Å². The van der Waals surface area contributed by atoms with Gasteiger partial charge in [0.25, 0.3) is 5.56 Å². The van der Waals surface area contributed by atoms with Crippen LogP contribution in [0.5, 0.6) is 0 Å². The van der Waals surface area contributed by atoms with Crippen LogP contribution in [0.4, 0.5) is 0 Å². The molecule has 120 valence electrons. The van der Waals surface area contributed by atoms with Gasteiger partial charge < -0.3 is 9.88 Å². The zero-order chi connectivity index (χ0) is 16.1. The fourth-order valence-corrected chi connectivity index (χ4v) is 2.79. The van der Waals surface area contributed by atoms with Crippen LogP contribution < -0.4 is 16.6 Å². The number of carbonyl (C=O) groups excluding carboxylic acids is 1. The van der Waals surface area contributed by atoms with Gasteiger partial charge in [0.2, 0.25) is 5.91 Å². The molecular weight excluding hydrogens is 282 g/mol. The van der Waals surface area contributed by atoms with Crippen molar-refractivity contribution in [1.29, 1.82) is 0 Å². The second-order valence-corrected chi connectivity index (χ2v) is 5.87. The Morgan fingerprint density at radius 3 is 2.45 bits per heavy atom. The molecule has 0 spiro atoms. The van der Waals surface area contributed by atoms with E-state index in [1.807, 2.05) is 0 Å². The maximum Gasteiger partial charge on any atom is 0.330 e. The summed E-state index contributed by atoms with van der Waals surface area (Å²) in [5.74, 6) is -0.192. The van der Waals surface area contributed by atoms with E-state index in [4.69, 9.17) is 0 Å². The van der Waals surface area contributed by atoms with Crippen molar-refractivity contribution in [3.05, 3.63) is 38.7 Å². The number of hydrogen-bond donors (Lipinski definition) is 1. The molecule has 1 fully saturated rings. The van der Waals surface area contributed by atoms with Crippen LogP contribution in [0.15, 0.2) is 21.9 Å². The van der Waals surface area contributed by atoms with E-state index in [2.05, 4.69) is 5.32 Å². The molecule has 1 aromatic rings. The summed E-state index contributed by atoms with van der Waals surface area (Å²) in [6.07, 6.45) is 11.1. The molecule has 1 aliphatic carbocycles. The van der Waals surface area contributed by atoms with Crippen molar-refractivity contribution in [3.63, 3.8) is 0 Å². The summed E-state index contributed by atoms with van der Waals surface area (Å²) in [5.41, 5.74) is -0.465. The zero-order valence-electron chi connectivity index (χ0n) is 13.2. The van der Waals surface area contributed by atoms with E-state index >= 15 is 0 Å². The highest BCUT2D eigenvalue weighted by Crippen LogP contribution is 2.17. The number of nitrogens with zero attached hydrogens (tertiary/aromatic N) is 2. The van der Waals surface area contributed by atoms with Gasteiger partial charge in [0, 0.05) is 32.4 Å². The van der Waals surface area contributed by atoms with Crippen LogP contribution in [0.3, 0.4) is 0 Å². The Kier molecular flexibility index (Phi) is 5.35. The predicted molar refractivity (Wildman–Crippen MR) is 85.6 cm³/mol. The highest BCUT2D eigenvalue weighted by atomic mass is 16.2. The third-order valence-corrected chi connectivity index (χ3v) is 4.09. The number of aryl methyl sites for hydroxylation is 1. The quantitative estimate of drug-likeness (QED) is 0.667. The second kappa shape index (κ2) is 7.24. The summed E-state index contributed by atoms with van der Waals surface area (Å²) in [5, 5.41) is 2.99. The molecule has 22 heavy (non-hydrogen) atoms. The van der Waals surface area contributed by atoms with E-state index in [1.54, 1.807) is 7.05 Å². The number of hydrogen-bond acceptors (Lipinski definition) is 3. The number of aromatic nitrogens is 2. The SMILES string of the molecule is Cn1cc(/C=C/C(=O)NC2CCCCCC2)c(=O)n(C)c1=O. The largest absolute Gasteiger partial charge is 0.350 e. The Hall–Kier alpha value is -2.11. The van der Waals surface area contributed by atoms with E-state index in [1.165, 1.54) is 42.8 Å². The summed E-state index contributed by atoms with van der Waals surface area (Å²) in [7, 11) is 3.00. The summed E-state index contributed by atoms with van der Waals surface area (Å²) in [6, 6.07) is 0.225. The number of rotatable bonds is 3. The molecule has 1 amide bonds. The average molecular weight is 305 g/mol. The molecule has 1 aromatic heterocycles. The van der Waals surface area contributed by atoms with Crippen LogP contribution in [0.1, 0.15) is 44.1 Å². The first kappa shape index (κ1) is 16.3. The van der Waals surface area contributed by atoms with Crippen LogP contribution >= 0.6 is 0 Å². The lowest BCUT2D eigenvalue weighted by atomic mass is 10.1. The van der Waals surface area contributed by atoms with Crippen LogP contribution in [0, 0.1) is 0 Å². The minimum Gasteiger partial charge on any atom is -0.350 e. The Morgan fingerprint density at radius 2 is 1.82 bits per heavy atom. The standard InChI is InChI=1S/C16H23N3O3/c1-18-11-12(15(21)19(2)16(18)22)9-10-14(20)17-13-7-5-3-4-6-8-13/h9-11,13H,3-8H2,1-2H3,(H,17,20)/b10-9+. The average Bonchev–Trinajstić information content (AvgIpc) is 2.76. The van der Waals surface area contributed by atoms with Crippen LogP contribution in [-0.4, -0.2) is 21.1 Å². The minimum absolute atomic E-state index is 0.192. The highest BCUT2D eigenvalue weighted by molar-refractivity contribution is 5.91. The van der Waals surface area contributed by atoms with Crippen LogP contribution in [0.2, 0.25) is 0 Å². The van der Waals surface area contributed by atoms with Gasteiger partial charge >= 0.3 is 5.69 Å². The van der Waals surface area contributed by atoms with E-state index in [0.29, 0.717) is 5.56 Å². The zero-order valence-corrected chi connectivity index (χ0v) is 13.2. The Balaban J connectivity index is 2.06. The van der Waals surface area contributed by atoms with Gasteiger partial charge in [0.15, 0.2) is 0 Å². The number of nitrogens with one attached hydrogen (secondary N) is 1. The predicted octanol–water partition coefficient (Wildman–Crippen LogP) is 0.936. The van der Waals surface area contributed by atoms with Gasteiger partial charge in [-0.3, -0.25) is 14.2 Å². The number of carbonyl (C=O) groups is 1. The van der Waals surface area contributed by atoms with Gasteiger partial charge in [-0.15, -0.1) is 0 Å². The van der Waals surface area contributed by atoms with Gasteiger partial charge in [0.05, 0.1) is 5.56 Å². The van der Waals surface area contributed by atoms with Crippen molar-refractivity contribution in [2.45, 2.75) is 44.6 Å². The molecule has 0 saturated heterocycles. The van der Waals surface area contributed by atoms with Crippen molar-refractivity contribution in [1.82, 2.24) is 14.5 Å². The molecule has 0 atom stereocenters. The van der Waals surface area contributed by atoms with Gasteiger partial charge in [0.1, 0.15) is 0 Å². The van der Waals surface area contributed by atoms with Gasteiger partial charge in [-0.05, 0) is 18.9 Å². The van der Waals surface area contributed by atoms with Crippen LogP contribution in [0.25, 0.3) is 6.08 Å². The van der Waals surface area contributed by atoms with E-state index < -0.39 is 5.56 Å². The van der Waals surface area contributed by atoms with Gasteiger partial charge in [-0.25, -0.2) is 4.79 Å². The van der Waals surface area contributed by atoms with E-state index in [0.717, 1.165) is 30.3 Å². The van der Waals surface area contributed by atoms with Crippen molar-refractivity contribution >= 4 is 12.0 Å². The molecule has 0 aromatic carbocycles. The van der Waals surface area contributed by atoms with E-state index in [-0.39, 0.29) is 17.6 Å². The molecule has 1 N–H and O–H groups in total. The summed E-state index contributed by atoms with van der Waals surface area (Å²) < 4.78 is 2.35. The molecule has 2 rings (SSSR count). The molecule has 0 radical (unpaired) electrons. The summed E-state index contributed by atoms with van der Waals surface area (Å²) >= 11 is 0. The first-order chi connectivity index (χ1) is 10.5. The molecule has 6 nitrogen and oxygen atoms in total. The van der Waals surface area contributed by atoms with E-state index in [9.17, 15) is 14.4 Å². The van der Waals surface area contributed by atoms with Crippen LogP contribution in [-0.2, 0) is 18.9 Å². The lowest BCUT2D eigenvalue weighted by molar-refractivity contribution is -0.117. The molecule has 1 saturated carbocycles. The molecule has 1 heterocycles.